The van der Waals surface area contributed by atoms with E-state index in [1.54, 1.807) is 0 Å². The zero-order valence-corrected chi connectivity index (χ0v) is 12.7. The molecule has 0 bridgehead atoms. The van der Waals surface area contributed by atoms with Gasteiger partial charge in [0.1, 0.15) is 5.69 Å². The fraction of sp³-hybridized carbons (Fsp3) is 0.0714. The molecule has 0 aliphatic rings. The number of rotatable bonds is 5. The molecule has 0 aliphatic carbocycles. The molecule has 0 aromatic heterocycles. The third kappa shape index (κ3) is 3.72. The molecular weight excluding hydrogens is 336 g/mol. The molecule has 2 aromatic rings. The lowest BCUT2D eigenvalue weighted by molar-refractivity contribution is -0.393. The molecule has 2 aromatic carbocycles. The maximum atomic E-state index is 12.2. The maximum Gasteiger partial charge on any atom is 0.299 e. The molecule has 0 saturated heterocycles. The third-order valence-electron chi connectivity index (χ3n) is 3.29. The monoisotopic (exact) mass is 346 g/mol. The Morgan fingerprint density at radius 1 is 0.880 bits per heavy atom. The first kappa shape index (κ1) is 17.5. The first-order valence-corrected chi connectivity index (χ1v) is 6.70. The number of anilines is 1. The summed E-state index contributed by atoms with van der Waals surface area (Å²) in [6.45, 7) is 1.38. The SMILES string of the molecule is Cc1cc([N+](=O)[O-])cc([N+](=O)[O-])c1NC(=O)c1ccc([N+](=O)[O-])cc1. The van der Waals surface area contributed by atoms with E-state index in [1.165, 1.54) is 19.1 Å². The average molecular weight is 346 g/mol. The number of hydrogen-bond donors (Lipinski definition) is 1. The Hall–Kier alpha value is -3.89. The normalized spacial score (nSPS) is 10.1. The quantitative estimate of drug-likeness (QED) is 0.643. The lowest BCUT2D eigenvalue weighted by Crippen LogP contribution is -2.14. The van der Waals surface area contributed by atoms with Crippen LogP contribution in [0.5, 0.6) is 0 Å². The second-order valence-electron chi connectivity index (χ2n) is 4.93. The number of nitrogens with zero attached hydrogens (tertiary/aromatic N) is 3. The van der Waals surface area contributed by atoms with E-state index in [-0.39, 0.29) is 22.5 Å². The molecule has 128 valence electrons. The Kier molecular flexibility index (Phi) is 4.68. The van der Waals surface area contributed by atoms with Gasteiger partial charge in [-0.3, -0.25) is 35.1 Å². The molecule has 11 heteroatoms. The Morgan fingerprint density at radius 3 is 1.92 bits per heavy atom. The van der Waals surface area contributed by atoms with Gasteiger partial charge in [-0.1, -0.05) is 0 Å². The molecule has 2 rings (SSSR count). The van der Waals surface area contributed by atoms with E-state index < -0.39 is 32.1 Å². The predicted octanol–water partition coefficient (Wildman–Crippen LogP) is 2.97. The Bertz CT molecular complexity index is 893. The molecule has 0 fully saturated rings. The summed E-state index contributed by atoms with van der Waals surface area (Å²) >= 11 is 0. The number of carbonyl (C=O) groups excluding carboxylic acids is 1. The molecule has 0 unspecified atom stereocenters. The lowest BCUT2D eigenvalue weighted by Gasteiger charge is -2.09. The van der Waals surface area contributed by atoms with Gasteiger partial charge in [0.2, 0.25) is 0 Å². The molecule has 0 spiro atoms. The van der Waals surface area contributed by atoms with Gasteiger partial charge in [-0.25, -0.2) is 0 Å². The number of nitrogens with one attached hydrogen (secondary N) is 1. The number of nitro benzene ring substituents is 3. The van der Waals surface area contributed by atoms with Crippen molar-refractivity contribution in [3.63, 3.8) is 0 Å². The van der Waals surface area contributed by atoms with Gasteiger partial charge in [-0.05, 0) is 24.6 Å². The van der Waals surface area contributed by atoms with Crippen LogP contribution in [0.4, 0.5) is 22.7 Å². The highest BCUT2D eigenvalue weighted by Crippen LogP contribution is 2.33. The maximum absolute atomic E-state index is 12.2. The predicted molar refractivity (Wildman–Crippen MR) is 85.5 cm³/mol. The highest BCUT2D eigenvalue weighted by atomic mass is 16.6. The van der Waals surface area contributed by atoms with Gasteiger partial charge in [0.15, 0.2) is 0 Å². The molecule has 1 N–H and O–H groups in total. The zero-order valence-electron chi connectivity index (χ0n) is 12.7. The summed E-state index contributed by atoms with van der Waals surface area (Å²) in [5, 5.41) is 34.9. The molecule has 0 radical (unpaired) electrons. The lowest BCUT2D eigenvalue weighted by atomic mass is 10.1. The van der Waals surface area contributed by atoms with Gasteiger partial charge in [0.25, 0.3) is 23.0 Å². The number of benzene rings is 2. The van der Waals surface area contributed by atoms with E-state index in [0.717, 1.165) is 24.3 Å². The van der Waals surface area contributed by atoms with Crippen LogP contribution in [0.1, 0.15) is 15.9 Å². The first-order chi connectivity index (χ1) is 11.7. The summed E-state index contributed by atoms with van der Waals surface area (Å²) in [6.07, 6.45) is 0. The molecular formula is C14H10N4O7. The van der Waals surface area contributed by atoms with Crippen LogP contribution < -0.4 is 5.32 Å². The van der Waals surface area contributed by atoms with Crippen LogP contribution >= 0.6 is 0 Å². The topological polar surface area (TPSA) is 159 Å². The summed E-state index contributed by atoms with van der Waals surface area (Å²) in [7, 11) is 0. The Balaban J connectivity index is 2.38. The smallest absolute Gasteiger partial charge is 0.299 e. The molecule has 0 heterocycles. The van der Waals surface area contributed by atoms with Crippen molar-refractivity contribution >= 4 is 28.7 Å². The third-order valence-corrected chi connectivity index (χ3v) is 3.29. The fourth-order valence-corrected chi connectivity index (χ4v) is 2.08. The largest absolute Gasteiger partial charge is 0.316 e. The first-order valence-electron chi connectivity index (χ1n) is 6.70. The Morgan fingerprint density at radius 2 is 1.44 bits per heavy atom. The van der Waals surface area contributed by atoms with E-state index in [0.29, 0.717) is 0 Å². The van der Waals surface area contributed by atoms with Crippen LogP contribution in [0.2, 0.25) is 0 Å². The number of amides is 1. The van der Waals surface area contributed by atoms with Crippen molar-refractivity contribution in [1.29, 1.82) is 0 Å². The summed E-state index contributed by atoms with van der Waals surface area (Å²) in [5.41, 5.74) is -1.32. The van der Waals surface area contributed by atoms with Gasteiger partial charge in [0.05, 0.1) is 20.8 Å². The van der Waals surface area contributed by atoms with Crippen LogP contribution in [0.3, 0.4) is 0 Å². The highest BCUT2D eigenvalue weighted by molar-refractivity contribution is 6.06. The van der Waals surface area contributed by atoms with E-state index >= 15 is 0 Å². The fourth-order valence-electron chi connectivity index (χ4n) is 2.08. The van der Waals surface area contributed by atoms with E-state index in [1.807, 2.05) is 0 Å². The molecule has 0 aliphatic heterocycles. The second kappa shape index (κ2) is 6.70. The van der Waals surface area contributed by atoms with Crippen molar-refractivity contribution in [3.05, 3.63) is 77.9 Å². The van der Waals surface area contributed by atoms with Gasteiger partial charge < -0.3 is 5.32 Å². The summed E-state index contributed by atoms with van der Waals surface area (Å²) in [5.74, 6) is -0.741. The second-order valence-corrected chi connectivity index (χ2v) is 4.93. The van der Waals surface area contributed by atoms with E-state index in [2.05, 4.69) is 5.32 Å². The van der Waals surface area contributed by atoms with Gasteiger partial charge in [0, 0.05) is 23.8 Å². The number of non-ortho nitro benzene ring substituents is 2. The van der Waals surface area contributed by atoms with Crippen molar-refractivity contribution in [2.75, 3.05) is 5.32 Å². The minimum atomic E-state index is -0.842. The van der Waals surface area contributed by atoms with Crippen LogP contribution in [0.25, 0.3) is 0 Å². The molecule has 11 nitrogen and oxygen atoms in total. The zero-order chi connectivity index (χ0) is 18.7. The standard InChI is InChI=1S/C14H10N4O7/c1-8-6-11(17(22)23)7-12(18(24)25)13(8)15-14(19)9-2-4-10(5-3-9)16(20)21/h2-7H,1H3,(H,15,19). The van der Waals surface area contributed by atoms with E-state index in [9.17, 15) is 35.1 Å². The van der Waals surface area contributed by atoms with Gasteiger partial charge in [-0.15, -0.1) is 0 Å². The van der Waals surface area contributed by atoms with Crippen LogP contribution in [0.15, 0.2) is 36.4 Å². The average Bonchev–Trinajstić information content (AvgIpc) is 2.55. The van der Waals surface area contributed by atoms with Crippen molar-refractivity contribution in [2.45, 2.75) is 6.92 Å². The molecule has 1 amide bonds. The van der Waals surface area contributed by atoms with Gasteiger partial charge >= 0.3 is 0 Å². The number of carbonyl (C=O) groups is 1. The van der Waals surface area contributed by atoms with Crippen LogP contribution in [-0.2, 0) is 0 Å². The number of aryl methyl sites for hydroxylation is 1. The number of hydrogen-bond acceptors (Lipinski definition) is 7. The van der Waals surface area contributed by atoms with Crippen molar-refractivity contribution < 1.29 is 19.6 Å². The van der Waals surface area contributed by atoms with Crippen LogP contribution in [0, 0.1) is 37.3 Å². The summed E-state index contributed by atoms with van der Waals surface area (Å²) < 4.78 is 0. The Labute approximate surface area is 139 Å². The minimum absolute atomic E-state index is 0.0395. The summed E-state index contributed by atoms with van der Waals surface area (Å²) in [4.78, 5) is 42.5. The van der Waals surface area contributed by atoms with Crippen molar-refractivity contribution in [1.82, 2.24) is 0 Å². The van der Waals surface area contributed by atoms with Gasteiger partial charge in [-0.2, -0.15) is 0 Å². The number of nitro groups is 3. The van der Waals surface area contributed by atoms with E-state index in [4.69, 9.17) is 0 Å². The van der Waals surface area contributed by atoms with Crippen molar-refractivity contribution in [2.24, 2.45) is 0 Å². The minimum Gasteiger partial charge on any atom is -0.316 e. The van der Waals surface area contributed by atoms with Crippen molar-refractivity contribution in [3.8, 4) is 0 Å². The summed E-state index contributed by atoms with van der Waals surface area (Å²) in [6, 6.07) is 6.47. The molecule has 25 heavy (non-hydrogen) atoms. The van der Waals surface area contributed by atoms with Crippen LogP contribution in [-0.4, -0.2) is 20.7 Å². The highest BCUT2D eigenvalue weighted by Gasteiger charge is 2.24. The molecule has 0 saturated carbocycles. The molecule has 0 atom stereocenters.